The van der Waals surface area contributed by atoms with E-state index in [1.807, 2.05) is 0 Å². The summed E-state index contributed by atoms with van der Waals surface area (Å²) in [6.45, 7) is 2.48. The van der Waals surface area contributed by atoms with Gasteiger partial charge in [-0.3, -0.25) is 4.79 Å². The standard InChI is InChI=1S/C16H23NO3/c1-2-12-7-9-16(20,10-8-12)11-17-15(19)13-3-5-14(18)6-4-13/h3-6,12,18,20H,2,7-11H2,1H3,(H,17,19). The minimum Gasteiger partial charge on any atom is -0.508 e. The molecule has 0 unspecified atom stereocenters. The van der Waals surface area contributed by atoms with Gasteiger partial charge in [0, 0.05) is 12.1 Å². The van der Waals surface area contributed by atoms with Gasteiger partial charge in [-0.2, -0.15) is 0 Å². The molecule has 110 valence electrons. The van der Waals surface area contributed by atoms with E-state index in [1.54, 1.807) is 12.1 Å². The zero-order valence-corrected chi connectivity index (χ0v) is 11.9. The minimum absolute atomic E-state index is 0.137. The summed E-state index contributed by atoms with van der Waals surface area (Å²) in [5.74, 6) is 0.636. The van der Waals surface area contributed by atoms with Gasteiger partial charge in [0.25, 0.3) is 5.91 Å². The minimum atomic E-state index is -0.766. The first kappa shape index (κ1) is 14.9. The Kier molecular flexibility index (Phi) is 4.65. The quantitative estimate of drug-likeness (QED) is 0.791. The molecule has 0 saturated heterocycles. The lowest BCUT2D eigenvalue weighted by molar-refractivity contribution is -0.00786. The van der Waals surface area contributed by atoms with Crippen molar-refractivity contribution < 1.29 is 15.0 Å². The SMILES string of the molecule is CCC1CCC(O)(CNC(=O)c2ccc(O)cc2)CC1. The molecule has 0 aromatic heterocycles. The molecule has 0 spiro atoms. The molecule has 1 aromatic rings. The van der Waals surface area contributed by atoms with Crippen LogP contribution in [0.3, 0.4) is 0 Å². The van der Waals surface area contributed by atoms with Crippen LogP contribution in [-0.2, 0) is 0 Å². The monoisotopic (exact) mass is 277 g/mol. The molecule has 1 amide bonds. The first-order valence-corrected chi connectivity index (χ1v) is 7.32. The van der Waals surface area contributed by atoms with Gasteiger partial charge in [-0.1, -0.05) is 13.3 Å². The third kappa shape index (κ3) is 3.73. The first-order valence-electron chi connectivity index (χ1n) is 7.32. The summed E-state index contributed by atoms with van der Waals surface area (Å²) in [6.07, 6.45) is 4.73. The van der Waals surface area contributed by atoms with Crippen molar-refractivity contribution in [3.63, 3.8) is 0 Å². The fourth-order valence-electron chi connectivity index (χ4n) is 2.76. The van der Waals surface area contributed by atoms with Gasteiger partial charge in [0.1, 0.15) is 5.75 Å². The van der Waals surface area contributed by atoms with Gasteiger partial charge in [-0.15, -0.1) is 0 Å². The predicted octanol–water partition coefficient (Wildman–Crippen LogP) is 2.45. The zero-order valence-electron chi connectivity index (χ0n) is 11.9. The number of carbonyl (C=O) groups is 1. The number of aliphatic hydroxyl groups is 1. The third-order valence-corrected chi connectivity index (χ3v) is 4.32. The van der Waals surface area contributed by atoms with Gasteiger partial charge in [-0.25, -0.2) is 0 Å². The van der Waals surface area contributed by atoms with E-state index in [4.69, 9.17) is 0 Å². The highest BCUT2D eigenvalue weighted by Gasteiger charge is 2.32. The maximum absolute atomic E-state index is 12.0. The molecule has 1 aliphatic carbocycles. The number of hydrogen-bond acceptors (Lipinski definition) is 3. The number of amides is 1. The average molecular weight is 277 g/mol. The number of phenolic OH excluding ortho intramolecular Hbond substituents is 1. The molecule has 0 aliphatic heterocycles. The molecule has 2 rings (SSSR count). The third-order valence-electron chi connectivity index (χ3n) is 4.32. The molecular weight excluding hydrogens is 254 g/mol. The Bertz CT molecular complexity index is 447. The molecule has 4 heteroatoms. The fraction of sp³-hybridized carbons (Fsp3) is 0.562. The Morgan fingerprint density at radius 1 is 1.30 bits per heavy atom. The highest BCUT2D eigenvalue weighted by atomic mass is 16.3. The van der Waals surface area contributed by atoms with Crippen LogP contribution in [-0.4, -0.2) is 28.3 Å². The van der Waals surface area contributed by atoms with Gasteiger partial charge in [-0.05, 0) is 55.9 Å². The molecular formula is C16H23NO3. The first-order chi connectivity index (χ1) is 9.52. The van der Waals surface area contributed by atoms with Crippen LogP contribution >= 0.6 is 0 Å². The maximum atomic E-state index is 12.0. The van der Waals surface area contributed by atoms with Crippen molar-refractivity contribution in [1.82, 2.24) is 5.32 Å². The van der Waals surface area contributed by atoms with E-state index < -0.39 is 5.60 Å². The largest absolute Gasteiger partial charge is 0.508 e. The molecule has 3 N–H and O–H groups in total. The average Bonchev–Trinajstić information content (AvgIpc) is 2.46. The molecule has 1 aromatic carbocycles. The maximum Gasteiger partial charge on any atom is 0.251 e. The number of phenols is 1. The van der Waals surface area contributed by atoms with Crippen molar-refractivity contribution in [2.24, 2.45) is 5.92 Å². The summed E-state index contributed by atoms with van der Waals surface area (Å²) in [5.41, 5.74) is -0.272. The second kappa shape index (κ2) is 6.27. The lowest BCUT2D eigenvalue weighted by atomic mass is 9.78. The molecule has 0 radical (unpaired) electrons. The Hall–Kier alpha value is -1.55. The predicted molar refractivity (Wildman–Crippen MR) is 77.6 cm³/mol. The number of benzene rings is 1. The van der Waals surface area contributed by atoms with Crippen LogP contribution in [0, 0.1) is 5.92 Å². The van der Waals surface area contributed by atoms with E-state index in [9.17, 15) is 15.0 Å². The Morgan fingerprint density at radius 2 is 1.90 bits per heavy atom. The van der Waals surface area contributed by atoms with Crippen LogP contribution in [0.1, 0.15) is 49.4 Å². The van der Waals surface area contributed by atoms with Crippen molar-refractivity contribution in [3.8, 4) is 5.75 Å². The van der Waals surface area contributed by atoms with Crippen LogP contribution in [0.25, 0.3) is 0 Å². The highest BCUT2D eigenvalue weighted by Crippen LogP contribution is 2.33. The molecule has 1 saturated carbocycles. The lowest BCUT2D eigenvalue weighted by Gasteiger charge is -2.35. The van der Waals surface area contributed by atoms with Gasteiger partial charge in [0.2, 0.25) is 0 Å². The van der Waals surface area contributed by atoms with Crippen LogP contribution in [0.4, 0.5) is 0 Å². The lowest BCUT2D eigenvalue weighted by Crippen LogP contribution is -2.45. The molecule has 1 fully saturated rings. The van der Waals surface area contributed by atoms with Gasteiger partial charge in [0.15, 0.2) is 0 Å². The number of nitrogens with one attached hydrogen (secondary N) is 1. The van der Waals surface area contributed by atoms with Gasteiger partial charge >= 0.3 is 0 Å². The Labute approximate surface area is 119 Å². The van der Waals surface area contributed by atoms with E-state index in [0.717, 1.165) is 32.1 Å². The highest BCUT2D eigenvalue weighted by molar-refractivity contribution is 5.94. The van der Waals surface area contributed by atoms with Crippen LogP contribution in [0.5, 0.6) is 5.75 Å². The number of aromatic hydroxyl groups is 1. The summed E-state index contributed by atoms with van der Waals surface area (Å²) in [7, 11) is 0. The number of hydrogen-bond donors (Lipinski definition) is 3. The molecule has 0 heterocycles. The van der Waals surface area contributed by atoms with Gasteiger partial charge < -0.3 is 15.5 Å². The Balaban J connectivity index is 1.85. The van der Waals surface area contributed by atoms with Crippen molar-refractivity contribution in [2.45, 2.75) is 44.6 Å². The van der Waals surface area contributed by atoms with E-state index in [-0.39, 0.29) is 11.7 Å². The van der Waals surface area contributed by atoms with Crippen LogP contribution < -0.4 is 5.32 Å². The normalized spacial score (nSPS) is 26.2. The number of carbonyl (C=O) groups excluding carboxylic acids is 1. The van der Waals surface area contributed by atoms with Crippen LogP contribution in [0.15, 0.2) is 24.3 Å². The second-order valence-electron chi connectivity index (χ2n) is 5.81. The summed E-state index contributed by atoms with van der Waals surface area (Å²) in [6, 6.07) is 6.11. The van der Waals surface area contributed by atoms with Crippen molar-refractivity contribution >= 4 is 5.91 Å². The molecule has 0 atom stereocenters. The molecule has 4 nitrogen and oxygen atoms in total. The Morgan fingerprint density at radius 3 is 2.45 bits per heavy atom. The van der Waals surface area contributed by atoms with Gasteiger partial charge in [0.05, 0.1) is 5.60 Å². The zero-order chi connectivity index (χ0) is 14.6. The van der Waals surface area contributed by atoms with Crippen molar-refractivity contribution in [3.05, 3.63) is 29.8 Å². The molecule has 1 aliphatic rings. The molecule has 0 bridgehead atoms. The van der Waals surface area contributed by atoms with Crippen molar-refractivity contribution in [1.29, 1.82) is 0 Å². The smallest absolute Gasteiger partial charge is 0.251 e. The van der Waals surface area contributed by atoms with E-state index in [1.165, 1.54) is 12.1 Å². The van der Waals surface area contributed by atoms with Crippen molar-refractivity contribution in [2.75, 3.05) is 6.54 Å². The second-order valence-corrected chi connectivity index (χ2v) is 5.81. The van der Waals surface area contributed by atoms with E-state index in [0.29, 0.717) is 18.0 Å². The summed E-state index contributed by atoms with van der Waals surface area (Å²) in [5, 5.41) is 22.5. The number of rotatable bonds is 4. The van der Waals surface area contributed by atoms with E-state index in [2.05, 4.69) is 12.2 Å². The topological polar surface area (TPSA) is 69.6 Å². The summed E-state index contributed by atoms with van der Waals surface area (Å²) in [4.78, 5) is 12.0. The fourth-order valence-corrected chi connectivity index (χ4v) is 2.76. The molecule has 20 heavy (non-hydrogen) atoms. The summed E-state index contributed by atoms with van der Waals surface area (Å²) < 4.78 is 0. The summed E-state index contributed by atoms with van der Waals surface area (Å²) >= 11 is 0. The van der Waals surface area contributed by atoms with E-state index >= 15 is 0 Å². The van der Waals surface area contributed by atoms with Crippen LogP contribution in [0.2, 0.25) is 0 Å².